The zero-order chi connectivity index (χ0) is 14.4. The molecule has 20 heavy (non-hydrogen) atoms. The van der Waals surface area contributed by atoms with E-state index in [1.54, 1.807) is 35.8 Å². The van der Waals surface area contributed by atoms with Gasteiger partial charge in [0.15, 0.2) is 0 Å². The molecule has 1 unspecified atom stereocenters. The number of hydrogen-bond acceptors (Lipinski definition) is 4. The Balaban J connectivity index is 1.74. The molecule has 4 nitrogen and oxygen atoms in total. The zero-order valence-corrected chi connectivity index (χ0v) is 12.3. The standard InChI is InChI=1S/C14H19FN2O2S/c1-17(14(18)13-10-20-8-5-16-13)6-7-19-12-4-2-3-11(15)9-12/h2-4,9,13,16H,5-8,10H2,1H3. The Hall–Kier alpha value is -1.27. The first-order valence-corrected chi connectivity index (χ1v) is 7.77. The van der Waals surface area contributed by atoms with Crippen LogP contribution in [0.5, 0.6) is 5.75 Å². The highest BCUT2D eigenvalue weighted by Crippen LogP contribution is 2.12. The maximum absolute atomic E-state index is 13.0. The Morgan fingerprint density at radius 2 is 2.45 bits per heavy atom. The molecule has 1 atom stereocenters. The first kappa shape index (κ1) is 15.1. The van der Waals surface area contributed by atoms with Gasteiger partial charge in [-0.1, -0.05) is 6.07 Å². The fraction of sp³-hybridized carbons (Fsp3) is 0.500. The van der Waals surface area contributed by atoms with E-state index in [1.165, 1.54) is 12.1 Å². The monoisotopic (exact) mass is 298 g/mol. The lowest BCUT2D eigenvalue weighted by atomic mass is 10.3. The predicted octanol–water partition coefficient (Wildman–Crippen LogP) is 1.37. The maximum Gasteiger partial charge on any atom is 0.240 e. The van der Waals surface area contributed by atoms with Gasteiger partial charge in [-0.3, -0.25) is 4.79 Å². The van der Waals surface area contributed by atoms with E-state index < -0.39 is 0 Å². The smallest absolute Gasteiger partial charge is 0.240 e. The van der Waals surface area contributed by atoms with Crippen LogP contribution in [0.1, 0.15) is 0 Å². The van der Waals surface area contributed by atoms with Gasteiger partial charge in [-0.15, -0.1) is 0 Å². The largest absolute Gasteiger partial charge is 0.492 e. The molecule has 1 N–H and O–H groups in total. The van der Waals surface area contributed by atoms with Gasteiger partial charge in [-0.25, -0.2) is 4.39 Å². The van der Waals surface area contributed by atoms with Crippen LogP contribution in [0.15, 0.2) is 24.3 Å². The van der Waals surface area contributed by atoms with Gasteiger partial charge in [0.05, 0.1) is 12.6 Å². The molecule has 0 aliphatic carbocycles. The minimum absolute atomic E-state index is 0.0834. The van der Waals surface area contributed by atoms with Crippen LogP contribution in [0, 0.1) is 5.82 Å². The molecule has 0 spiro atoms. The van der Waals surface area contributed by atoms with E-state index in [1.807, 2.05) is 0 Å². The number of carbonyl (C=O) groups is 1. The average Bonchev–Trinajstić information content (AvgIpc) is 2.47. The van der Waals surface area contributed by atoms with Crippen molar-refractivity contribution in [3.05, 3.63) is 30.1 Å². The summed E-state index contributed by atoms with van der Waals surface area (Å²) in [6.45, 7) is 1.71. The molecule has 110 valence electrons. The van der Waals surface area contributed by atoms with E-state index >= 15 is 0 Å². The van der Waals surface area contributed by atoms with Gasteiger partial charge >= 0.3 is 0 Å². The van der Waals surface area contributed by atoms with Gasteiger partial charge in [0, 0.05) is 31.2 Å². The summed E-state index contributed by atoms with van der Waals surface area (Å²) in [5, 5.41) is 3.21. The van der Waals surface area contributed by atoms with Crippen LogP contribution in [0.25, 0.3) is 0 Å². The number of halogens is 1. The summed E-state index contributed by atoms with van der Waals surface area (Å²) >= 11 is 1.79. The average molecular weight is 298 g/mol. The summed E-state index contributed by atoms with van der Waals surface area (Å²) in [5.41, 5.74) is 0. The van der Waals surface area contributed by atoms with Crippen molar-refractivity contribution in [2.24, 2.45) is 0 Å². The number of benzene rings is 1. The lowest BCUT2D eigenvalue weighted by Crippen LogP contribution is -2.50. The second-order valence-electron chi connectivity index (χ2n) is 4.65. The van der Waals surface area contributed by atoms with Crippen LogP contribution < -0.4 is 10.1 Å². The van der Waals surface area contributed by atoms with Crippen molar-refractivity contribution >= 4 is 17.7 Å². The van der Waals surface area contributed by atoms with Crippen molar-refractivity contribution in [3.63, 3.8) is 0 Å². The number of carbonyl (C=O) groups excluding carboxylic acids is 1. The normalized spacial score (nSPS) is 18.6. The molecular formula is C14H19FN2O2S. The quantitative estimate of drug-likeness (QED) is 0.891. The molecule has 0 saturated carbocycles. The molecule has 6 heteroatoms. The van der Waals surface area contributed by atoms with Crippen LogP contribution in [-0.4, -0.2) is 55.1 Å². The fourth-order valence-corrected chi connectivity index (χ4v) is 2.88. The van der Waals surface area contributed by atoms with Gasteiger partial charge in [-0.05, 0) is 12.1 Å². The van der Waals surface area contributed by atoms with Crippen molar-refractivity contribution in [3.8, 4) is 5.75 Å². The zero-order valence-electron chi connectivity index (χ0n) is 11.5. The van der Waals surface area contributed by atoms with E-state index in [0.717, 1.165) is 18.1 Å². The molecule has 1 fully saturated rings. The highest BCUT2D eigenvalue weighted by atomic mass is 32.2. The number of nitrogens with one attached hydrogen (secondary N) is 1. The van der Waals surface area contributed by atoms with Gasteiger partial charge in [0.2, 0.25) is 5.91 Å². The Labute approximate surface area is 122 Å². The molecule has 1 heterocycles. The summed E-state index contributed by atoms with van der Waals surface area (Å²) in [5.74, 6) is 2.11. The minimum atomic E-state index is -0.324. The lowest BCUT2D eigenvalue weighted by Gasteiger charge is -2.27. The highest BCUT2D eigenvalue weighted by Gasteiger charge is 2.23. The lowest BCUT2D eigenvalue weighted by molar-refractivity contribution is -0.131. The third-order valence-corrected chi connectivity index (χ3v) is 4.15. The number of hydrogen-bond donors (Lipinski definition) is 1. The molecule has 0 bridgehead atoms. The SMILES string of the molecule is CN(CCOc1cccc(F)c1)C(=O)C1CSCCN1. The Kier molecular flexibility index (Phi) is 5.67. The Bertz CT molecular complexity index is 453. The van der Waals surface area contributed by atoms with E-state index in [2.05, 4.69) is 5.32 Å². The number of ether oxygens (including phenoxy) is 1. The third-order valence-electron chi connectivity index (χ3n) is 3.09. The Morgan fingerprint density at radius 1 is 1.60 bits per heavy atom. The van der Waals surface area contributed by atoms with Crippen molar-refractivity contribution in [2.45, 2.75) is 6.04 Å². The highest BCUT2D eigenvalue weighted by molar-refractivity contribution is 7.99. The van der Waals surface area contributed by atoms with Crippen LogP contribution in [0.4, 0.5) is 4.39 Å². The molecule has 1 aliphatic rings. The number of rotatable bonds is 5. The van der Waals surface area contributed by atoms with E-state index in [9.17, 15) is 9.18 Å². The van der Waals surface area contributed by atoms with Crippen LogP contribution in [0.2, 0.25) is 0 Å². The van der Waals surface area contributed by atoms with Crippen molar-refractivity contribution in [1.82, 2.24) is 10.2 Å². The summed E-state index contributed by atoms with van der Waals surface area (Å²) in [7, 11) is 1.76. The van der Waals surface area contributed by atoms with Gasteiger partial charge in [0.1, 0.15) is 18.2 Å². The second kappa shape index (κ2) is 7.50. The number of thioether (sulfide) groups is 1. The van der Waals surface area contributed by atoms with Gasteiger partial charge in [-0.2, -0.15) is 11.8 Å². The number of nitrogens with zero attached hydrogens (tertiary/aromatic N) is 1. The molecular weight excluding hydrogens is 279 g/mol. The second-order valence-corrected chi connectivity index (χ2v) is 5.80. The predicted molar refractivity (Wildman–Crippen MR) is 78.6 cm³/mol. The van der Waals surface area contributed by atoms with Crippen LogP contribution >= 0.6 is 11.8 Å². The fourth-order valence-electron chi connectivity index (χ4n) is 1.96. The molecule has 1 aromatic rings. The Morgan fingerprint density at radius 3 is 3.15 bits per heavy atom. The molecule has 1 aromatic carbocycles. The number of amides is 1. The third kappa shape index (κ3) is 4.38. The molecule has 1 saturated heterocycles. The first-order valence-electron chi connectivity index (χ1n) is 6.61. The summed E-state index contributed by atoms with van der Waals surface area (Å²) in [6.07, 6.45) is 0. The molecule has 0 aromatic heterocycles. The first-order chi connectivity index (χ1) is 9.66. The number of likely N-dealkylation sites (N-methyl/N-ethyl adjacent to an activating group) is 1. The molecule has 0 radical (unpaired) electrons. The molecule has 1 amide bonds. The summed E-state index contributed by atoms with van der Waals surface area (Å²) in [4.78, 5) is 13.8. The van der Waals surface area contributed by atoms with Crippen molar-refractivity contribution in [1.29, 1.82) is 0 Å². The van der Waals surface area contributed by atoms with Crippen molar-refractivity contribution in [2.75, 3.05) is 38.2 Å². The summed E-state index contributed by atoms with van der Waals surface area (Å²) < 4.78 is 18.4. The van der Waals surface area contributed by atoms with E-state index in [0.29, 0.717) is 18.9 Å². The summed E-state index contributed by atoms with van der Waals surface area (Å²) in [6, 6.07) is 5.90. The van der Waals surface area contributed by atoms with Gasteiger partial charge < -0.3 is 15.0 Å². The molecule has 1 aliphatic heterocycles. The molecule has 2 rings (SSSR count). The van der Waals surface area contributed by atoms with Crippen molar-refractivity contribution < 1.29 is 13.9 Å². The maximum atomic E-state index is 13.0. The van der Waals surface area contributed by atoms with Gasteiger partial charge in [0.25, 0.3) is 0 Å². The van der Waals surface area contributed by atoms with E-state index in [4.69, 9.17) is 4.74 Å². The minimum Gasteiger partial charge on any atom is -0.492 e. The topological polar surface area (TPSA) is 41.6 Å². The van der Waals surface area contributed by atoms with Crippen LogP contribution in [-0.2, 0) is 4.79 Å². The van der Waals surface area contributed by atoms with Crippen LogP contribution in [0.3, 0.4) is 0 Å². The van der Waals surface area contributed by atoms with E-state index in [-0.39, 0.29) is 17.8 Å².